The molecule has 0 saturated carbocycles. The fourth-order valence-corrected chi connectivity index (χ4v) is 2.62. The number of aromatic nitrogens is 2. The third-order valence-corrected chi connectivity index (χ3v) is 3.75. The Balaban J connectivity index is 1.75. The monoisotopic (exact) mass is 270 g/mol. The van der Waals surface area contributed by atoms with Crippen LogP contribution >= 0.6 is 0 Å². The quantitative estimate of drug-likeness (QED) is 0.791. The van der Waals surface area contributed by atoms with Gasteiger partial charge in [-0.05, 0) is 24.5 Å². The molecule has 1 aliphatic rings. The van der Waals surface area contributed by atoms with Crippen molar-refractivity contribution < 1.29 is 4.79 Å². The highest BCUT2D eigenvalue weighted by atomic mass is 16.2. The minimum atomic E-state index is -0.269. The zero-order chi connectivity index (χ0) is 13.9. The number of carbonyl (C=O) groups is 1. The van der Waals surface area contributed by atoms with Gasteiger partial charge >= 0.3 is 0 Å². The summed E-state index contributed by atoms with van der Waals surface area (Å²) in [5, 5.41) is 13.0. The molecule has 1 amide bonds. The molecule has 0 radical (unpaired) electrons. The third-order valence-electron chi connectivity index (χ3n) is 3.75. The van der Waals surface area contributed by atoms with E-state index in [0.29, 0.717) is 0 Å². The molecular weight excluding hydrogens is 252 g/mol. The Kier molecular flexibility index (Phi) is 3.52. The zero-order valence-corrected chi connectivity index (χ0v) is 11.4. The molecule has 2 atom stereocenters. The Morgan fingerprint density at radius 1 is 1.45 bits per heavy atom. The van der Waals surface area contributed by atoms with Crippen LogP contribution in [-0.4, -0.2) is 22.6 Å². The summed E-state index contributed by atoms with van der Waals surface area (Å²) < 4.78 is 0. The molecular formula is C15H18N4O. The van der Waals surface area contributed by atoms with Crippen molar-refractivity contribution >= 4 is 5.91 Å². The number of fused-ring (bicyclic) bond motifs is 1. The number of aromatic amines is 1. The van der Waals surface area contributed by atoms with E-state index in [1.807, 2.05) is 25.1 Å². The molecule has 20 heavy (non-hydrogen) atoms. The van der Waals surface area contributed by atoms with E-state index in [1.165, 1.54) is 5.56 Å². The van der Waals surface area contributed by atoms with Crippen molar-refractivity contribution in [3.05, 3.63) is 53.3 Å². The maximum atomic E-state index is 12.5. The van der Waals surface area contributed by atoms with E-state index < -0.39 is 0 Å². The minimum absolute atomic E-state index is 0.00542. The molecule has 3 rings (SSSR count). The van der Waals surface area contributed by atoms with Crippen LogP contribution in [0.15, 0.2) is 36.7 Å². The van der Waals surface area contributed by atoms with E-state index in [0.717, 1.165) is 24.1 Å². The van der Waals surface area contributed by atoms with Crippen molar-refractivity contribution in [2.45, 2.75) is 25.4 Å². The van der Waals surface area contributed by atoms with Crippen LogP contribution in [0.5, 0.6) is 0 Å². The molecule has 5 nitrogen and oxygen atoms in total. The average Bonchev–Trinajstić information content (AvgIpc) is 3.01. The number of hydrogen-bond acceptors (Lipinski definition) is 3. The van der Waals surface area contributed by atoms with Crippen LogP contribution in [-0.2, 0) is 11.2 Å². The molecule has 0 spiro atoms. The van der Waals surface area contributed by atoms with Gasteiger partial charge in [-0.15, -0.1) is 0 Å². The molecule has 3 N–H and O–H groups in total. The van der Waals surface area contributed by atoms with Gasteiger partial charge in [-0.25, -0.2) is 0 Å². The van der Waals surface area contributed by atoms with Gasteiger partial charge in [-0.2, -0.15) is 5.10 Å². The van der Waals surface area contributed by atoms with E-state index in [4.69, 9.17) is 0 Å². The standard InChI is InChI=1S/C15H18N4O/c1-10(12-8-17-18-9-12)19-15(20)14-13-5-3-2-4-11(13)6-7-16-14/h2-5,8-10,14,16H,6-7H2,1H3,(H,17,18)(H,19,20). The molecule has 0 aliphatic carbocycles. The van der Waals surface area contributed by atoms with Gasteiger partial charge in [0.15, 0.2) is 0 Å². The molecule has 1 aromatic heterocycles. The van der Waals surface area contributed by atoms with Gasteiger partial charge in [0, 0.05) is 18.3 Å². The molecule has 2 heterocycles. The van der Waals surface area contributed by atoms with E-state index in [9.17, 15) is 4.79 Å². The number of benzene rings is 1. The van der Waals surface area contributed by atoms with Gasteiger partial charge in [0.2, 0.25) is 5.91 Å². The lowest BCUT2D eigenvalue weighted by atomic mass is 9.93. The van der Waals surface area contributed by atoms with Crippen molar-refractivity contribution in [3.8, 4) is 0 Å². The molecule has 1 aliphatic heterocycles. The lowest BCUT2D eigenvalue weighted by molar-refractivity contribution is -0.124. The number of nitrogens with one attached hydrogen (secondary N) is 3. The Morgan fingerprint density at radius 3 is 3.10 bits per heavy atom. The molecule has 5 heteroatoms. The van der Waals surface area contributed by atoms with E-state index >= 15 is 0 Å². The van der Waals surface area contributed by atoms with Crippen molar-refractivity contribution in [2.24, 2.45) is 0 Å². The SMILES string of the molecule is CC(NC(=O)C1NCCc2ccccc21)c1cn[nH]c1. The first-order valence-corrected chi connectivity index (χ1v) is 6.86. The zero-order valence-electron chi connectivity index (χ0n) is 11.4. The Morgan fingerprint density at radius 2 is 2.30 bits per heavy atom. The first-order chi connectivity index (χ1) is 9.75. The van der Waals surface area contributed by atoms with Gasteiger partial charge in [-0.1, -0.05) is 24.3 Å². The fraction of sp³-hybridized carbons (Fsp3) is 0.333. The second-order valence-corrected chi connectivity index (χ2v) is 5.10. The highest BCUT2D eigenvalue weighted by molar-refractivity contribution is 5.84. The fourth-order valence-electron chi connectivity index (χ4n) is 2.62. The summed E-state index contributed by atoms with van der Waals surface area (Å²) in [4.78, 5) is 12.5. The highest BCUT2D eigenvalue weighted by Gasteiger charge is 2.26. The second-order valence-electron chi connectivity index (χ2n) is 5.10. The summed E-state index contributed by atoms with van der Waals surface area (Å²) >= 11 is 0. The van der Waals surface area contributed by atoms with Gasteiger partial charge in [-0.3, -0.25) is 9.89 Å². The first kappa shape index (κ1) is 12.9. The molecule has 0 bridgehead atoms. The van der Waals surface area contributed by atoms with Crippen LogP contribution in [0, 0.1) is 0 Å². The van der Waals surface area contributed by atoms with Crippen molar-refractivity contribution in [1.82, 2.24) is 20.8 Å². The van der Waals surface area contributed by atoms with Crippen LogP contribution in [0.4, 0.5) is 0 Å². The summed E-state index contributed by atoms with van der Waals surface area (Å²) in [6.45, 7) is 2.78. The lowest BCUT2D eigenvalue weighted by Crippen LogP contribution is -2.42. The predicted molar refractivity (Wildman–Crippen MR) is 76.0 cm³/mol. The summed E-state index contributed by atoms with van der Waals surface area (Å²) in [7, 11) is 0. The molecule has 2 unspecified atom stereocenters. The second kappa shape index (κ2) is 5.46. The molecule has 0 fully saturated rings. The summed E-state index contributed by atoms with van der Waals surface area (Å²) in [5.74, 6) is 0.00542. The summed E-state index contributed by atoms with van der Waals surface area (Å²) in [6, 6.07) is 7.79. The Labute approximate surface area is 117 Å². The Hall–Kier alpha value is -2.14. The summed E-state index contributed by atoms with van der Waals surface area (Å²) in [6.07, 6.45) is 4.50. The van der Waals surface area contributed by atoms with Crippen molar-refractivity contribution in [2.75, 3.05) is 6.54 Å². The number of carbonyl (C=O) groups excluding carboxylic acids is 1. The predicted octanol–water partition coefficient (Wildman–Crippen LogP) is 1.47. The molecule has 2 aromatic rings. The largest absolute Gasteiger partial charge is 0.348 e. The van der Waals surface area contributed by atoms with E-state index in [1.54, 1.807) is 12.4 Å². The normalized spacial score (nSPS) is 19.1. The van der Waals surface area contributed by atoms with Crippen LogP contribution in [0.2, 0.25) is 0 Å². The Bertz CT molecular complexity index is 594. The van der Waals surface area contributed by atoms with Crippen LogP contribution < -0.4 is 10.6 Å². The van der Waals surface area contributed by atoms with E-state index in [-0.39, 0.29) is 18.0 Å². The van der Waals surface area contributed by atoms with Crippen LogP contribution in [0.3, 0.4) is 0 Å². The average molecular weight is 270 g/mol. The number of amides is 1. The summed E-state index contributed by atoms with van der Waals surface area (Å²) in [5.41, 5.74) is 3.31. The molecule has 1 aromatic carbocycles. The highest BCUT2D eigenvalue weighted by Crippen LogP contribution is 2.23. The van der Waals surface area contributed by atoms with Crippen LogP contribution in [0.1, 0.15) is 35.7 Å². The number of rotatable bonds is 3. The van der Waals surface area contributed by atoms with Gasteiger partial charge < -0.3 is 10.6 Å². The van der Waals surface area contributed by atoms with Crippen molar-refractivity contribution in [1.29, 1.82) is 0 Å². The van der Waals surface area contributed by atoms with Crippen LogP contribution in [0.25, 0.3) is 0 Å². The molecule has 0 saturated heterocycles. The molecule has 104 valence electrons. The topological polar surface area (TPSA) is 69.8 Å². The maximum absolute atomic E-state index is 12.5. The van der Waals surface area contributed by atoms with Gasteiger partial charge in [0.25, 0.3) is 0 Å². The third kappa shape index (κ3) is 2.44. The number of nitrogens with zero attached hydrogens (tertiary/aromatic N) is 1. The lowest BCUT2D eigenvalue weighted by Gasteiger charge is -2.27. The minimum Gasteiger partial charge on any atom is -0.348 e. The van der Waals surface area contributed by atoms with Gasteiger partial charge in [0.1, 0.15) is 6.04 Å². The first-order valence-electron chi connectivity index (χ1n) is 6.86. The van der Waals surface area contributed by atoms with Gasteiger partial charge in [0.05, 0.1) is 12.2 Å². The van der Waals surface area contributed by atoms with Crippen molar-refractivity contribution in [3.63, 3.8) is 0 Å². The number of hydrogen-bond donors (Lipinski definition) is 3. The maximum Gasteiger partial charge on any atom is 0.242 e. The van der Waals surface area contributed by atoms with E-state index in [2.05, 4.69) is 26.9 Å². The number of H-pyrrole nitrogens is 1. The smallest absolute Gasteiger partial charge is 0.242 e.